The third-order valence-corrected chi connectivity index (χ3v) is 4.51. The lowest BCUT2D eigenvalue weighted by molar-refractivity contribution is -0.384. The number of pyridine rings is 1. The van der Waals surface area contributed by atoms with Crippen molar-refractivity contribution < 1.29 is 14.2 Å². The van der Waals surface area contributed by atoms with Gasteiger partial charge in [0, 0.05) is 30.1 Å². The summed E-state index contributed by atoms with van der Waals surface area (Å²) in [7, 11) is 0. The maximum Gasteiger partial charge on any atom is 0.270 e. The Kier molecular flexibility index (Phi) is 5.19. The van der Waals surface area contributed by atoms with Gasteiger partial charge in [-0.15, -0.1) is 0 Å². The van der Waals surface area contributed by atoms with Gasteiger partial charge in [-0.25, -0.2) is 0 Å². The van der Waals surface area contributed by atoms with Gasteiger partial charge in [-0.2, -0.15) is 4.98 Å². The predicted octanol–water partition coefficient (Wildman–Crippen LogP) is 4.61. The fourth-order valence-electron chi connectivity index (χ4n) is 2.72. The summed E-state index contributed by atoms with van der Waals surface area (Å²) in [6, 6.07) is 14.0. The number of benzene rings is 2. The van der Waals surface area contributed by atoms with Crippen molar-refractivity contribution in [2.75, 3.05) is 5.32 Å². The van der Waals surface area contributed by atoms with Gasteiger partial charge in [0.15, 0.2) is 0 Å². The second-order valence-electron chi connectivity index (χ2n) is 6.08. The number of carbonyl (C=O) groups excluding carboxylic acids is 1. The third kappa shape index (κ3) is 3.87. The SMILES string of the molecule is O=C(Nc1ccccc1-c1nc(-c2ccncc2)no1)c1cc([N+](=O)[O-])ccc1Cl. The summed E-state index contributed by atoms with van der Waals surface area (Å²) in [5, 5.41) is 17.8. The highest BCUT2D eigenvalue weighted by Crippen LogP contribution is 2.30. The molecule has 30 heavy (non-hydrogen) atoms. The molecule has 148 valence electrons. The van der Waals surface area contributed by atoms with E-state index in [1.807, 2.05) is 0 Å². The molecular formula is C20H12ClN5O4. The van der Waals surface area contributed by atoms with Crippen molar-refractivity contribution in [2.45, 2.75) is 0 Å². The molecule has 1 N–H and O–H groups in total. The van der Waals surface area contributed by atoms with Crippen LogP contribution in [0.5, 0.6) is 0 Å². The summed E-state index contributed by atoms with van der Waals surface area (Å²) in [6.45, 7) is 0. The molecule has 0 radical (unpaired) electrons. The molecule has 0 unspecified atom stereocenters. The van der Waals surface area contributed by atoms with E-state index in [9.17, 15) is 14.9 Å². The van der Waals surface area contributed by atoms with E-state index in [1.165, 1.54) is 12.1 Å². The molecule has 9 nitrogen and oxygen atoms in total. The summed E-state index contributed by atoms with van der Waals surface area (Å²) in [5.41, 5.74) is 1.33. The zero-order chi connectivity index (χ0) is 21.1. The van der Waals surface area contributed by atoms with Crippen molar-refractivity contribution >= 4 is 28.9 Å². The van der Waals surface area contributed by atoms with Crippen molar-refractivity contribution in [3.63, 3.8) is 0 Å². The van der Waals surface area contributed by atoms with Crippen molar-refractivity contribution in [1.29, 1.82) is 0 Å². The number of anilines is 1. The second-order valence-corrected chi connectivity index (χ2v) is 6.49. The molecule has 0 atom stereocenters. The van der Waals surface area contributed by atoms with E-state index < -0.39 is 10.8 Å². The van der Waals surface area contributed by atoms with E-state index in [0.717, 1.165) is 11.6 Å². The molecule has 1 amide bonds. The van der Waals surface area contributed by atoms with E-state index in [0.29, 0.717) is 17.1 Å². The first-order valence-electron chi connectivity index (χ1n) is 8.62. The fourth-order valence-corrected chi connectivity index (χ4v) is 2.92. The molecule has 2 aromatic heterocycles. The van der Waals surface area contributed by atoms with Crippen LogP contribution in [0.2, 0.25) is 5.02 Å². The normalized spacial score (nSPS) is 10.6. The largest absolute Gasteiger partial charge is 0.334 e. The Balaban J connectivity index is 1.65. The monoisotopic (exact) mass is 421 g/mol. The Hall–Kier alpha value is -4.11. The Labute approximate surface area is 174 Å². The van der Waals surface area contributed by atoms with Gasteiger partial charge in [-0.1, -0.05) is 28.9 Å². The number of non-ortho nitro benzene ring substituents is 1. The molecule has 0 aliphatic rings. The summed E-state index contributed by atoms with van der Waals surface area (Å²) < 4.78 is 5.36. The van der Waals surface area contributed by atoms with Gasteiger partial charge in [0.2, 0.25) is 5.82 Å². The summed E-state index contributed by atoms with van der Waals surface area (Å²) in [5.74, 6) is -0.0388. The quantitative estimate of drug-likeness (QED) is 0.368. The average Bonchev–Trinajstić information content (AvgIpc) is 3.25. The second kappa shape index (κ2) is 8.10. The molecule has 2 aromatic carbocycles. The summed E-state index contributed by atoms with van der Waals surface area (Å²) in [6.07, 6.45) is 3.23. The molecule has 0 spiro atoms. The van der Waals surface area contributed by atoms with Crippen molar-refractivity contribution in [3.8, 4) is 22.8 Å². The molecular weight excluding hydrogens is 410 g/mol. The van der Waals surface area contributed by atoms with Crippen LogP contribution in [0.3, 0.4) is 0 Å². The van der Waals surface area contributed by atoms with Gasteiger partial charge in [0.25, 0.3) is 17.5 Å². The molecule has 0 aliphatic heterocycles. The highest BCUT2D eigenvalue weighted by atomic mass is 35.5. The van der Waals surface area contributed by atoms with Gasteiger partial charge in [0.05, 0.1) is 26.8 Å². The van der Waals surface area contributed by atoms with Crippen LogP contribution >= 0.6 is 11.6 Å². The molecule has 4 aromatic rings. The van der Waals surface area contributed by atoms with Crippen LogP contribution in [-0.4, -0.2) is 26.0 Å². The van der Waals surface area contributed by atoms with E-state index in [4.69, 9.17) is 16.1 Å². The number of nitro groups is 1. The van der Waals surface area contributed by atoms with Crippen LogP contribution in [0.15, 0.2) is 71.5 Å². The number of halogens is 1. The number of nitrogens with one attached hydrogen (secondary N) is 1. The first kappa shape index (κ1) is 19.2. The maximum atomic E-state index is 12.7. The minimum Gasteiger partial charge on any atom is -0.334 e. The molecule has 0 aliphatic carbocycles. The number of nitro benzene ring substituents is 1. The molecule has 0 saturated carbocycles. The lowest BCUT2D eigenvalue weighted by Crippen LogP contribution is -2.13. The lowest BCUT2D eigenvalue weighted by atomic mass is 10.1. The number of para-hydroxylation sites is 1. The minimum absolute atomic E-state index is 0.0244. The summed E-state index contributed by atoms with van der Waals surface area (Å²) >= 11 is 6.06. The number of hydrogen-bond donors (Lipinski definition) is 1. The number of carbonyl (C=O) groups is 1. The Morgan fingerprint density at radius 1 is 1.10 bits per heavy atom. The van der Waals surface area contributed by atoms with E-state index in [2.05, 4.69) is 20.4 Å². The topological polar surface area (TPSA) is 124 Å². The number of rotatable bonds is 5. The number of aromatic nitrogens is 3. The van der Waals surface area contributed by atoms with Gasteiger partial charge in [-0.3, -0.25) is 19.9 Å². The van der Waals surface area contributed by atoms with Crippen LogP contribution in [-0.2, 0) is 0 Å². The first-order valence-corrected chi connectivity index (χ1v) is 8.99. The minimum atomic E-state index is -0.606. The first-order chi connectivity index (χ1) is 14.5. The lowest BCUT2D eigenvalue weighted by Gasteiger charge is -2.09. The molecule has 0 saturated heterocycles. The highest BCUT2D eigenvalue weighted by Gasteiger charge is 2.19. The van der Waals surface area contributed by atoms with E-state index in [1.54, 1.807) is 48.8 Å². The van der Waals surface area contributed by atoms with Gasteiger partial charge in [-0.05, 0) is 30.3 Å². The van der Waals surface area contributed by atoms with Crippen LogP contribution in [0.1, 0.15) is 10.4 Å². The maximum absolute atomic E-state index is 12.7. The van der Waals surface area contributed by atoms with E-state index in [-0.39, 0.29) is 22.2 Å². The molecule has 4 rings (SSSR count). The average molecular weight is 422 g/mol. The van der Waals surface area contributed by atoms with Gasteiger partial charge in [0.1, 0.15) is 0 Å². The van der Waals surface area contributed by atoms with E-state index >= 15 is 0 Å². The van der Waals surface area contributed by atoms with Crippen LogP contribution in [0.4, 0.5) is 11.4 Å². The molecule has 0 bridgehead atoms. The molecule has 2 heterocycles. The smallest absolute Gasteiger partial charge is 0.270 e. The summed E-state index contributed by atoms with van der Waals surface area (Å²) in [4.78, 5) is 31.5. The van der Waals surface area contributed by atoms with Crippen LogP contribution < -0.4 is 5.32 Å². The van der Waals surface area contributed by atoms with Gasteiger partial charge < -0.3 is 9.84 Å². The van der Waals surface area contributed by atoms with Crippen molar-refractivity contribution in [1.82, 2.24) is 15.1 Å². The fraction of sp³-hybridized carbons (Fsp3) is 0. The number of amides is 1. The predicted molar refractivity (Wildman–Crippen MR) is 109 cm³/mol. The standard InChI is InChI=1S/C20H12ClN5O4/c21-16-6-5-13(26(28)29)11-15(16)19(27)23-17-4-2-1-3-14(17)20-24-18(25-30-20)12-7-9-22-10-8-12/h1-11H,(H,23,27). The van der Waals surface area contributed by atoms with Crippen LogP contribution in [0.25, 0.3) is 22.8 Å². The Bertz CT molecular complexity index is 1240. The zero-order valence-electron chi connectivity index (χ0n) is 15.2. The number of hydrogen-bond acceptors (Lipinski definition) is 7. The number of nitrogens with zero attached hydrogens (tertiary/aromatic N) is 4. The zero-order valence-corrected chi connectivity index (χ0v) is 15.9. The highest BCUT2D eigenvalue weighted by molar-refractivity contribution is 6.34. The van der Waals surface area contributed by atoms with Crippen molar-refractivity contribution in [3.05, 3.63) is 87.7 Å². The molecule has 0 fully saturated rings. The van der Waals surface area contributed by atoms with Gasteiger partial charge >= 0.3 is 0 Å². The van der Waals surface area contributed by atoms with Crippen LogP contribution in [0, 0.1) is 10.1 Å². The van der Waals surface area contributed by atoms with Crippen molar-refractivity contribution in [2.24, 2.45) is 0 Å². The Morgan fingerprint density at radius 2 is 1.87 bits per heavy atom. The third-order valence-electron chi connectivity index (χ3n) is 4.18. The molecule has 10 heteroatoms. The Morgan fingerprint density at radius 3 is 2.63 bits per heavy atom.